The molecule has 19 heavy (non-hydrogen) atoms. The van der Waals surface area contributed by atoms with Gasteiger partial charge in [-0.3, -0.25) is 0 Å². The smallest absolute Gasteiger partial charge is 0.337 e. The maximum Gasteiger partial charge on any atom is 0.337 e. The molecule has 0 unspecified atom stereocenters. The molecule has 0 bridgehead atoms. The van der Waals surface area contributed by atoms with Crippen LogP contribution in [0.3, 0.4) is 0 Å². The lowest BCUT2D eigenvalue weighted by atomic mass is 10.1. The Morgan fingerprint density at radius 1 is 1.21 bits per heavy atom. The van der Waals surface area contributed by atoms with E-state index in [4.69, 9.17) is 5.73 Å². The summed E-state index contributed by atoms with van der Waals surface area (Å²) in [7, 11) is 0. The molecular weight excluding hydrogens is 240 g/mol. The van der Waals surface area contributed by atoms with Gasteiger partial charge in [0.15, 0.2) is 0 Å². The molecule has 0 aliphatic rings. The van der Waals surface area contributed by atoms with E-state index in [0.29, 0.717) is 11.4 Å². The van der Waals surface area contributed by atoms with Crippen molar-refractivity contribution in [1.29, 1.82) is 0 Å². The van der Waals surface area contributed by atoms with Gasteiger partial charge in [0.05, 0.1) is 16.9 Å². The number of para-hydroxylation sites is 1. The molecule has 2 aromatic rings. The van der Waals surface area contributed by atoms with Crippen molar-refractivity contribution in [3.8, 4) is 0 Å². The summed E-state index contributed by atoms with van der Waals surface area (Å²) < 4.78 is 0. The number of benzene rings is 2. The van der Waals surface area contributed by atoms with Gasteiger partial charge in [-0.2, -0.15) is 0 Å². The molecule has 0 fully saturated rings. The SMILES string of the molecule is Cc1ccc(C)c(Nc2c(N)cccc2C(=O)O)c1. The first-order valence-corrected chi connectivity index (χ1v) is 5.95. The second-order valence-corrected chi connectivity index (χ2v) is 4.52. The summed E-state index contributed by atoms with van der Waals surface area (Å²) >= 11 is 0. The minimum atomic E-state index is -1.000. The topological polar surface area (TPSA) is 75.3 Å². The van der Waals surface area contributed by atoms with E-state index in [1.54, 1.807) is 12.1 Å². The third-order valence-electron chi connectivity index (χ3n) is 2.98. The van der Waals surface area contributed by atoms with E-state index >= 15 is 0 Å². The van der Waals surface area contributed by atoms with Gasteiger partial charge in [-0.15, -0.1) is 0 Å². The fourth-order valence-corrected chi connectivity index (χ4v) is 1.89. The van der Waals surface area contributed by atoms with Crippen LogP contribution in [0.1, 0.15) is 21.5 Å². The van der Waals surface area contributed by atoms with Crippen LogP contribution >= 0.6 is 0 Å². The quantitative estimate of drug-likeness (QED) is 0.736. The van der Waals surface area contributed by atoms with Crippen LogP contribution in [0.4, 0.5) is 17.1 Å². The second kappa shape index (κ2) is 5.02. The highest BCUT2D eigenvalue weighted by Crippen LogP contribution is 2.29. The number of rotatable bonds is 3. The van der Waals surface area contributed by atoms with Crippen molar-refractivity contribution in [3.05, 3.63) is 53.1 Å². The fraction of sp³-hybridized carbons (Fsp3) is 0.133. The first-order chi connectivity index (χ1) is 8.99. The maximum atomic E-state index is 11.2. The normalized spacial score (nSPS) is 10.2. The molecule has 0 saturated carbocycles. The summed E-state index contributed by atoms with van der Waals surface area (Å²) in [5.41, 5.74) is 9.88. The number of aromatic carboxylic acids is 1. The Morgan fingerprint density at radius 3 is 2.63 bits per heavy atom. The summed E-state index contributed by atoms with van der Waals surface area (Å²) in [6.07, 6.45) is 0. The maximum absolute atomic E-state index is 11.2. The highest BCUT2D eigenvalue weighted by molar-refractivity contribution is 5.98. The molecule has 2 aromatic carbocycles. The van der Waals surface area contributed by atoms with Crippen LogP contribution in [-0.2, 0) is 0 Å². The molecule has 0 atom stereocenters. The predicted molar refractivity (Wildman–Crippen MR) is 77.0 cm³/mol. The van der Waals surface area contributed by atoms with Crippen LogP contribution in [0.2, 0.25) is 0 Å². The number of hydrogen-bond donors (Lipinski definition) is 3. The number of carboxylic acids is 1. The van der Waals surface area contributed by atoms with Crippen molar-refractivity contribution in [1.82, 2.24) is 0 Å². The van der Waals surface area contributed by atoms with E-state index in [1.807, 2.05) is 32.0 Å². The summed E-state index contributed by atoms with van der Waals surface area (Å²) in [4.78, 5) is 11.2. The molecule has 0 aromatic heterocycles. The lowest BCUT2D eigenvalue weighted by Crippen LogP contribution is -2.06. The fourth-order valence-electron chi connectivity index (χ4n) is 1.89. The number of nitrogen functional groups attached to an aromatic ring is 1. The van der Waals surface area contributed by atoms with Crippen molar-refractivity contribution in [2.75, 3.05) is 11.1 Å². The average molecular weight is 256 g/mol. The van der Waals surface area contributed by atoms with Gasteiger partial charge in [0, 0.05) is 5.69 Å². The van der Waals surface area contributed by atoms with Crippen molar-refractivity contribution < 1.29 is 9.90 Å². The van der Waals surface area contributed by atoms with E-state index in [1.165, 1.54) is 6.07 Å². The van der Waals surface area contributed by atoms with Gasteiger partial charge in [-0.05, 0) is 43.2 Å². The molecule has 4 nitrogen and oxygen atoms in total. The van der Waals surface area contributed by atoms with Crippen molar-refractivity contribution in [2.24, 2.45) is 0 Å². The Labute approximate surface area is 111 Å². The van der Waals surface area contributed by atoms with Gasteiger partial charge < -0.3 is 16.2 Å². The predicted octanol–water partition coefficient (Wildman–Crippen LogP) is 3.33. The van der Waals surface area contributed by atoms with E-state index in [9.17, 15) is 9.90 Å². The molecule has 98 valence electrons. The highest BCUT2D eigenvalue weighted by Gasteiger charge is 2.13. The highest BCUT2D eigenvalue weighted by atomic mass is 16.4. The number of anilines is 3. The van der Waals surface area contributed by atoms with Gasteiger partial charge in [0.1, 0.15) is 0 Å². The van der Waals surface area contributed by atoms with Crippen molar-refractivity contribution in [3.63, 3.8) is 0 Å². The summed E-state index contributed by atoms with van der Waals surface area (Å²) in [6, 6.07) is 10.8. The van der Waals surface area contributed by atoms with Crippen LogP contribution in [0.25, 0.3) is 0 Å². The zero-order valence-corrected chi connectivity index (χ0v) is 10.9. The van der Waals surface area contributed by atoms with E-state index in [2.05, 4.69) is 5.32 Å². The number of carboxylic acid groups (broad SMARTS) is 1. The number of aryl methyl sites for hydroxylation is 2. The Balaban J connectivity index is 2.49. The van der Waals surface area contributed by atoms with Gasteiger partial charge in [0.2, 0.25) is 0 Å². The zero-order chi connectivity index (χ0) is 14.0. The molecule has 0 saturated heterocycles. The van der Waals surface area contributed by atoms with Gasteiger partial charge in [-0.1, -0.05) is 18.2 Å². The third-order valence-corrected chi connectivity index (χ3v) is 2.98. The summed E-state index contributed by atoms with van der Waals surface area (Å²) in [6.45, 7) is 3.94. The molecule has 0 spiro atoms. The molecule has 2 rings (SSSR count). The molecule has 0 aliphatic heterocycles. The number of nitrogens with one attached hydrogen (secondary N) is 1. The number of carbonyl (C=O) groups is 1. The Morgan fingerprint density at radius 2 is 1.95 bits per heavy atom. The lowest BCUT2D eigenvalue weighted by molar-refractivity contribution is 0.0698. The zero-order valence-electron chi connectivity index (χ0n) is 10.9. The van der Waals surface area contributed by atoms with Gasteiger partial charge in [0.25, 0.3) is 0 Å². The monoisotopic (exact) mass is 256 g/mol. The molecule has 4 heteroatoms. The standard InChI is InChI=1S/C15H16N2O2/c1-9-6-7-10(2)13(8-9)17-14-11(15(18)19)4-3-5-12(14)16/h3-8,17H,16H2,1-2H3,(H,18,19). The Kier molecular flexibility index (Phi) is 3.42. The molecule has 0 aliphatic carbocycles. The molecular formula is C15H16N2O2. The van der Waals surface area contributed by atoms with Crippen molar-refractivity contribution in [2.45, 2.75) is 13.8 Å². The number of hydrogen-bond acceptors (Lipinski definition) is 3. The van der Waals surface area contributed by atoms with Crippen molar-refractivity contribution >= 4 is 23.0 Å². The Bertz CT molecular complexity index is 636. The molecule has 0 heterocycles. The van der Waals surface area contributed by atoms with Gasteiger partial charge in [-0.25, -0.2) is 4.79 Å². The summed E-state index contributed by atoms with van der Waals surface area (Å²) in [5, 5.41) is 12.3. The van der Waals surface area contributed by atoms with Crippen LogP contribution in [0.15, 0.2) is 36.4 Å². The van der Waals surface area contributed by atoms with E-state index in [0.717, 1.165) is 16.8 Å². The number of nitrogens with two attached hydrogens (primary N) is 1. The third kappa shape index (κ3) is 2.68. The molecule has 0 amide bonds. The van der Waals surface area contributed by atoms with Gasteiger partial charge >= 0.3 is 5.97 Å². The minimum Gasteiger partial charge on any atom is -0.478 e. The molecule has 4 N–H and O–H groups in total. The minimum absolute atomic E-state index is 0.168. The second-order valence-electron chi connectivity index (χ2n) is 4.52. The average Bonchev–Trinajstić information content (AvgIpc) is 2.35. The first-order valence-electron chi connectivity index (χ1n) is 5.95. The summed E-state index contributed by atoms with van der Waals surface area (Å²) in [5.74, 6) is -1.000. The first kappa shape index (κ1) is 13.0. The largest absolute Gasteiger partial charge is 0.478 e. The van der Waals surface area contributed by atoms with Crippen LogP contribution in [0.5, 0.6) is 0 Å². The Hall–Kier alpha value is -2.49. The van der Waals surface area contributed by atoms with E-state index < -0.39 is 5.97 Å². The van der Waals surface area contributed by atoms with Crippen LogP contribution in [0, 0.1) is 13.8 Å². The molecule has 0 radical (unpaired) electrons. The van der Waals surface area contributed by atoms with E-state index in [-0.39, 0.29) is 5.56 Å². The van der Waals surface area contributed by atoms with Crippen LogP contribution < -0.4 is 11.1 Å². The van der Waals surface area contributed by atoms with Crippen LogP contribution in [-0.4, -0.2) is 11.1 Å². The lowest BCUT2D eigenvalue weighted by Gasteiger charge is -2.14.